The van der Waals surface area contributed by atoms with Gasteiger partial charge in [-0.1, -0.05) is 18.2 Å². The third kappa shape index (κ3) is 2.48. The van der Waals surface area contributed by atoms with Crippen LogP contribution in [-0.2, 0) is 25.9 Å². The van der Waals surface area contributed by atoms with Crippen LogP contribution in [0, 0.1) is 0 Å². The van der Waals surface area contributed by atoms with E-state index in [2.05, 4.69) is 33.1 Å². The summed E-state index contributed by atoms with van der Waals surface area (Å²) in [5.74, 6) is 1.88. The molecule has 1 aromatic carbocycles. The van der Waals surface area contributed by atoms with Gasteiger partial charge in [-0.25, -0.2) is 4.79 Å². The van der Waals surface area contributed by atoms with Crippen LogP contribution in [-0.4, -0.2) is 26.8 Å². The Labute approximate surface area is 135 Å². The molecule has 1 N–H and O–H groups in total. The zero-order valence-corrected chi connectivity index (χ0v) is 13.3. The summed E-state index contributed by atoms with van der Waals surface area (Å²) in [7, 11) is 0. The highest BCUT2D eigenvalue weighted by molar-refractivity contribution is 5.93. The maximum absolute atomic E-state index is 12.7. The van der Waals surface area contributed by atoms with Crippen molar-refractivity contribution in [2.45, 2.75) is 51.7 Å². The Bertz CT molecular complexity index is 738. The van der Waals surface area contributed by atoms with Crippen molar-refractivity contribution in [3.8, 4) is 0 Å². The first-order valence-corrected chi connectivity index (χ1v) is 8.30. The quantitative estimate of drug-likeness (QED) is 0.925. The molecule has 0 fully saturated rings. The molecule has 1 aromatic heterocycles. The molecule has 0 radical (unpaired) electrons. The van der Waals surface area contributed by atoms with Gasteiger partial charge in [0, 0.05) is 24.7 Å². The zero-order valence-electron chi connectivity index (χ0n) is 13.3. The smallest absolute Gasteiger partial charge is 0.322 e. The Morgan fingerprint density at radius 2 is 2.17 bits per heavy atom. The van der Waals surface area contributed by atoms with E-state index < -0.39 is 0 Å². The Hall–Kier alpha value is -2.37. The number of anilines is 1. The van der Waals surface area contributed by atoms with E-state index in [4.69, 9.17) is 0 Å². The molecular formula is C17H21N5O. The molecule has 2 amide bonds. The lowest BCUT2D eigenvalue weighted by Gasteiger charge is -2.35. The zero-order chi connectivity index (χ0) is 15.8. The molecule has 6 nitrogen and oxygen atoms in total. The number of rotatable bonds is 2. The van der Waals surface area contributed by atoms with Crippen molar-refractivity contribution in [1.82, 2.24) is 20.1 Å². The number of fused-ring (bicyclic) bond motifs is 2. The van der Waals surface area contributed by atoms with Gasteiger partial charge in [0.15, 0.2) is 5.82 Å². The number of hydrogen-bond donors (Lipinski definition) is 1. The average Bonchev–Trinajstić information content (AvgIpc) is 3.16. The number of urea groups is 1. The van der Waals surface area contributed by atoms with Crippen molar-refractivity contribution in [2.75, 3.05) is 4.90 Å². The molecule has 2 aliphatic heterocycles. The summed E-state index contributed by atoms with van der Waals surface area (Å²) in [6.45, 7) is 3.48. The van der Waals surface area contributed by atoms with E-state index in [0.717, 1.165) is 49.6 Å². The monoisotopic (exact) mass is 311 g/mol. The van der Waals surface area contributed by atoms with Gasteiger partial charge in [-0.15, -0.1) is 10.2 Å². The first-order chi connectivity index (χ1) is 11.2. The van der Waals surface area contributed by atoms with Crippen LogP contribution in [0.3, 0.4) is 0 Å². The molecule has 0 saturated heterocycles. The molecule has 1 unspecified atom stereocenters. The molecular weight excluding hydrogens is 290 g/mol. The van der Waals surface area contributed by atoms with Crippen molar-refractivity contribution >= 4 is 11.7 Å². The predicted octanol–water partition coefficient (Wildman–Crippen LogP) is 2.28. The molecule has 23 heavy (non-hydrogen) atoms. The Kier molecular flexibility index (Phi) is 3.52. The van der Waals surface area contributed by atoms with Crippen molar-refractivity contribution in [1.29, 1.82) is 0 Å². The van der Waals surface area contributed by atoms with E-state index >= 15 is 0 Å². The number of aromatic nitrogens is 3. The van der Waals surface area contributed by atoms with Gasteiger partial charge < -0.3 is 9.88 Å². The number of hydrogen-bond acceptors (Lipinski definition) is 3. The summed E-state index contributed by atoms with van der Waals surface area (Å²) < 4.78 is 2.12. The third-order valence-corrected chi connectivity index (χ3v) is 4.83. The summed E-state index contributed by atoms with van der Waals surface area (Å²) in [6.07, 6.45) is 4.11. The topological polar surface area (TPSA) is 63.1 Å². The molecule has 0 spiro atoms. The van der Waals surface area contributed by atoms with Gasteiger partial charge in [0.1, 0.15) is 5.82 Å². The summed E-state index contributed by atoms with van der Waals surface area (Å²) in [4.78, 5) is 14.6. The van der Waals surface area contributed by atoms with Gasteiger partial charge in [-0.05, 0) is 37.8 Å². The van der Waals surface area contributed by atoms with E-state index in [9.17, 15) is 4.79 Å². The van der Waals surface area contributed by atoms with Crippen LogP contribution in [0.15, 0.2) is 24.3 Å². The number of amides is 2. The highest BCUT2D eigenvalue weighted by atomic mass is 16.2. The lowest BCUT2D eigenvalue weighted by atomic mass is 9.97. The Morgan fingerprint density at radius 1 is 1.30 bits per heavy atom. The predicted molar refractivity (Wildman–Crippen MR) is 87.3 cm³/mol. The summed E-state index contributed by atoms with van der Waals surface area (Å²) in [5.41, 5.74) is 2.26. The number of benzene rings is 1. The molecule has 6 heteroatoms. The second-order valence-electron chi connectivity index (χ2n) is 6.33. The van der Waals surface area contributed by atoms with Crippen LogP contribution in [0.4, 0.5) is 10.5 Å². The van der Waals surface area contributed by atoms with Gasteiger partial charge >= 0.3 is 6.03 Å². The summed E-state index contributed by atoms with van der Waals surface area (Å²) in [6, 6.07) is 8.30. The van der Waals surface area contributed by atoms with E-state index in [1.807, 2.05) is 23.1 Å². The van der Waals surface area contributed by atoms with Crippen LogP contribution in [0.25, 0.3) is 0 Å². The molecule has 120 valence electrons. The molecule has 1 atom stereocenters. The van der Waals surface area contributed by atoms with Crippen LogP contribution < -0.4 is 10.2 Å². The standard InChI is InChI=1S/C17H21N5O/c1-12-8-9-13-5-2-3-6-14(13)22(12)17(23)18-11-16-20-19-15-7-4-10-21(15)16/h2-3,5-6,12H,4,7-11H2,1H3,(H,18,23). The fourth-order valence-corrected chi connectivity index (χ4v) is 3.58. The highest BCUT2D eigenvalue weighted by Crippen LogP contribution is 2.30. The maximum atomic E-state index is 12.7. The van der Waals surface area contributed by atoms with Crippen LogP contribution >= 0.6 is 0 Å². The summed E-state index contributed by atoms with van der Waals surface area (Å²) in [5, 5.41) is 11.4. The number of aryl methyl sites for hydroxylation is 2. The number of nitrogens with one attached hydrogen (secondary N) is 1. The minimum Gasteiger partial charge on any atom is -0.330 e. The lowest BCUT2D eigenvalue weighted by molar-refractivity contribution is 0.242. The first-order valence-electron chi connectivity index (χ1n) is 8.30. The summed E-state index contributed by atoms with van der Waals surface area (Å²) >= 11 is 0. The van der Waals surface area contributed by atoms with Crippen LogP contribution in [0.2, 0.25) is 0 Å². The normalized spacial score (nSPS) is 19.3. The molecule has 2 aromatic rings. The minimum atomic E-state index is -0.0556. The van der Waals surface area contributed by atoms with E-state index in [1.54, 1.807) is 0 Å². The van der Waals surface area contributed by atoms with Gasteiger partial charge in [0.25, 0.3) is 0 Å². The van der Waals surface area contributed by atoms with E-state index in [-0.39, 0.29) is 12.1 Å². The molecule has 4 rings (SSSR count). The second-order valence-corrected chi connectivity index (χ2v) is 6.33. The molecule has 0 saturated carbocycles. The van der Waals surface area contributed by atoms with Gasteiger partial charge in [-0.2, -0.15) is 0 Å². The van der Waals surface area contributed by atoms with Crippen LogP contribution in [0.5, 0.6) is 0 Å². The average molecular weight is 311 g/mol. The Morgan fingerprint density at radius 3 is 3.09 bits per heavy atom. The highest BCUT2D eigenvalue weighted by Gasteiger charge is 2.28. The van der Waals surface area contributed by atoms with Crippen molar-refractivity contribution < 1.29 is 4.79 Å². The fraction of sp³-hybridized carbons (Fsp3) is 0.471. The lowest BCUT2D eigenvalue weighted by Crippen LogP contribution is -2.47. The van der Waals surface area contributed by atoms with Crippen LogP contribution in [0.1, 0.15) is 37.0 Å². The fourth-order valence-electron chi connectivity index (χ4n) is 3.58. The number of carbonyl (C=O) groups excluding carboxylic acids is 1. The van der Waals surface area contributed by atoms with Crippen molar-refractivity contribution in [3.63, 3.8) is 0 Å². The van der Waals surface area contributed by atoms with Gasteiger partial charge in [0.2, 0.25) is 0 Å². The number of nitrogens with zero attached hydrogens (tertiary/aromatic N) is 4. The molecule has 3 heterocycles. The molecule has 0 bridgehead atoms. The van der Waals surface area contributed by atoms with Crippen molar-refractivity contribution in [2.24, 2.45) is 0 Å². The van der Waals surface area contributed by atoms with Gasteiger partial charge in [0.05, 0.1) is 6.54 Å². The van der Waals surface area contributed by atoms with E-state index in [0.29, 0.717) is 6.54 Å². The number of para-hydroxylation sites is 1. The minimum absolute atomic E-state index is 0.0556. The van der Waals surface area contributed by atoms with Crippen molar-refractivity contribution in [3.05, 3.63) is 41.5 Å². The van der Waals surface area contributed by atoms with Gasteiger partial charge in [-0.3, -0.25) is 4.90 Å². The Balaban J connectivity index is 1.50. The largest absolute Gasteiger partial charge is 0.330 e. The number of carbonyl (C=O) groups is 1. The van der Waals surface area contributed by atoms with E-state index in [1.165, 1.54) is 5.56 Å². The SMILES string of the molecule is CC1CCc2ccccc2N1C(=O)NCc1nnc2n1CCC2. The molecule has 2 aliphatic rings. The maximum Gasteiger partial charge on any atom is 0.322 e. The first kappa shape index (κ1) is 14.2. The second kappa shape index (κ2) is 5.68. The molecule has 0 aliphatic carbocycles. The third-order valence-electron chi connectivity index (χ3n) is 4.83.